The first-order chi connectivity index (χ1) is 5.22. The van der Waals surface area contributed by atoms with E-state index in [2.05, 4.69) is 5.32 Å². The van der Waals surface area contributed by atoms with E-state index in [1.165, 1.54) is 4.88 Å². The summed E-state index contributed by atoms with van der Waals surface area (Å²) in [6.45, 7) is 2.04. The van der Waals surface area contributed by atoms with Crippen LogP contribution >= 0.6 is 11.3 Å². The molecule has 1 N–H and O–H groups in total. The Morgan fingerprint density at radius 3 is 2.91 bits per heavy atom. The van der Waals surface area contributed by atoms with Crippen LogP contribution in [0.4, 0.5) is 0 Å². The van der Waals surface area contributed by atoms with Crippen LogP contribution in [-0.2, 0) is 11.2 Å². The lowest BCUT2D eigenvalue weighted by molar-refractivity contribution is -0.119. The summed E-state index contributed by atoms with van der Waals surface area (Å²) >= 11 is 1.68. The smallest absolute Gasteiger partial charge is 0.224 e. The summed E-state index contributed by atoms with van der Waals surface area (Å²) in [5, 5.41) is 4.61. The highest BCUT2D eigenvalue weighted by Crippen LogP contribution is 2.13. The van der Waals surface area contributed by atoms with Gasteiger partial charge < -0.3 is 5.32 Å². The van der Waals surface area contributed by atoms with Gasteiger partial charge in [0.25, 0.3) is 0 Å². The molecule has 0 fully saturated rings. The highest BCUT2D eigenvalue weighted by molar-refractivity contribution is 7.10. The number of carbonyl (C=O) groups is 1. The molecule has 2 nitrogen and oxygen atoms in total. The third kappa shape index (κ3) is 2.35. The van der Waals surface area contributed by atoms with Gasteiger partial charge >= 0.3 is 0 Å². The largest absolute Gasteiger partial charge is 0.359 e. The lowest BCUT2D eigenvalue weighted by Gasteiger charge is -1.94. The van der Waals surface area contributed by atoms with Gasteiger partial charge in [0.1, 0.15) is 0 Å². The minimum absolute atomic E-state index is 0.0720. The zero-order valence-corrected chi connectivity index (χ0v) is 7.49. The quantitative estimate of drug-likeness (QED) is 0.711. The SMILES string of the molecule is CNC(=O)Cc1csc(C)c1. The Balaban J connectivity index is 2.57. The lowest BCUT2D eigenvalue weighted by Crippen LogP contribution is -2.19. The topological polar surface area (TPSA) is 29.1 Å². The van der Waals surface area contributed by atoms with E-state index in [1.54, 1.807) is 18.4 Å². The molecule has 0 bridgehead atoms. The maximum Gasteiger partial charge on any atom is 0.224 e. The second-order valence-electron chi connectivity index (χ2n) is 2.42. The molecule has 0 saturated carbocycles. The molecule has 1 heterocycles. The van der Waals surface area contributed by atoms with Gasteiger partial charge in [0.2, 0.25) is 5.91 Å². The summed E-state index contributed by atoms with van der Waals surface area (Å²) in [5.74, 6) is 0.0720. The summed E-state index contributed by atoms with van der Waals surface area (Å²) in [5.41, 5.74) is 1.10. The lowest BCUT2D eigenvalue weighted by atomic mass is 10.2. The number of amides is 1. The predicted molar refractivity (Wildman–Crippen MR) is 46.8 cm³/mol. The first kappa shape index (κ1) is 8.27. The summed E-state index contributed by atoms with van der Waals surface area (Å²) < 4.78 is 0. The van der Waals surface area contributed by atoms with Gasteiger partial charge in [0, 0.05) is 11.9 Å². The van der Waals surface area contributed by atoms with Crippen molar-refractivity contribution in [1.82, 2.24) is 5.32 Å². The van der Waals surface area contributed by atoms with E-state index in [0.29, 0.717) is 6.42 Å². The fraction of sp³-hybridized carbons (Fsp3) is 0.375. The molecule has 1 aromatic heterocycles. The number of hydrogen-bond donors (Lipinski definition) is 1. The summed E-state index contributed by atoms with van der Waals surface area (Å²) in [4.78, 5) is 12.1. The van der Waals surface area contributed by atoms with Crippen LogP contribution in [0.3, 0.4) is 0 Å². The van der Waals surface area contributed by atoms with Crippen molar-refractivity contribution in [3.8, 4) is 0 Å². The van der Waals surface area contributed by atoms with Gasteiger partial charge in [-0.3, -0.25) is 4.79 Å². The van der Waals surface area contributed by atoms with Crippen LogP contribution in [0.1, 0.15) is 10.4 Å². The Bertz CT molecular complexity index is 254. The molecule has 1 amide bonds. The minimum atomic E-state index is 0.0720. The van der Waals surface area contributed by atoms with Gasteiger partial charge in [0.15, 0.2) is 0 Å². The van der Waals surface area contributed by atoms with Gasteiger partial charge in [-0.25, -0.2) is 0 Å². The van der Waals surface area contributed by atoms with E-state index >= 15 is 0 Å². The average Bonchev–Trinajstić information content (AvgIpc) is 2.35. The van der Waals surface area contributed by atoms with Crippen LogP contribution in [0.15, 0.2) is 11.4 Å². The first-order valence-corrected chi connectivity index (χ1v) is 4.35. The molecule has 0 aliphatic heterocycles. The molecule has 3 heteroatoms. The van der Waals surface area contributed by atoms with E-state index in [4.69, 9.17) is 0 Å². The Morgan fingerprint density at radius 2 is 2.45 bits per heavy atom. The molecular formula is C8H11NOS. The van der Waals surface area contributed by atoms with Gasteiger partial charge in [-0.05, 0) is 23.9 Å². The monoisotopic (exact) mass is 169 g/mol. The van der Waals surface area contributed by atoms with Crippen molar-refractivity contribution < 1.29 is 4.79 Å². The van der Waals surface area contributed by atoms with Crippen molar-refractivity contribution in [1.29, 1.82) is 0 Å². The molecule has 0 spiro atoms. The number of nitrogens with one attached hydrogen (secondary N) is 1. The molecular weight excluding hydrogens is 158 g/mol. The van der Waals surface area contributed by atoms with Crippen molar-refractivity contribution in [3.63, 3.8) is 0 Å². The zero-order valence-electron chi connectivity index (χ0n) is 6.68. The number of thiophene rings is 1. The number of carbonyl (C=O) groups excluding carboxylic acids is 1. The van der Waals surface area contributed by atoms with E-state index < -0.39 is 0 Å². The zero-order chi connectivity index (χ0) is 8.27. The number of likely N-dealkylation sites (N-methyl/N-ethyl adjacent to an activating group) is 1. The molecule has 0 aliphatic carbocycles. The molecule has 0 radical (unpaired) electrons. The second-order valence-corrected chi connectivity index (χ2v) is 3.53. The van der Waals surface area contributed by atoms with Crippen molar-refractivity contribution in [2.24, 2.45) is 0 Å². The molecule has 0 atom stereocenters. The molecule has 0 aromatic carbocycles. The summed E-state index contributed by atoms with van der Waals surface area (Å²) in [6, 6.07) is 2.04. The number of hydrogen-bond acceptors (Lipinski definition) is 2. The van der Waals surface area contributed by atoms with Crippen molar-refractivity contribution in [3.05, 3.63) is 21.9 Å². The van der Waals surface area contributed by atoms with Gasteiger partial charge in [-0.2, -0.15) is 0 Å². The van der Waals surface area contributed by atoms with Crippen LogP contribution < -0.4 is 5.32 Å². The number of rotatable bonds is 2. The molecule has 11 heavy (non-hydrogen) atoms. The van der Waals surface area contributed by atoms with E-state index in [0.717, 1.165) is 5.56 Å². The third-order valence-corrected chi connectivity index (χ3v) is 2.34. The normalized spacial score (nSPS) is 9.64. The van der Waals surface area contributed by atoms with Crippen molar-refractivity contribution in [2.45, 2.75) is 13.3 Å². The molecule has 1 rings (SSSR count). The second kappa shape index (κ2) is 3.53. The highest BCUT2D eigenvalue weighted by Gasteiger charge is 2.01. The van der Waals surface area contributed by atoms with Gasteiger partial charge in [-0.1, -0.05) is 0 Å². The minimum Gasteiger partial charge on any atom is -0.359 e. The van der Waals surface area contributed by atoms with Gasteiger partial charge in [-0.15, -0.1) is 11.3 Å². The standard InChI is InChI=1S/C8H11NOS/c1-6-3-7(5-11-6)4-8(10)9-2/h3,5H,4H2,1-2H3,(H,9,10). The maximum absolute atomic E-state index is 10.9. The van der Waals surface area contributed by atoms with Crippen molar-refractivity contribution in [2.75, 3.05) is 7.05 Å². The van der Waals surface area contributed by atoms with Crippen LogP contribution in [0.5, 0.6) is 0 Å². The molecule has 1 aromatic rings. The Morgan fingerprint density at radius 1 is 1.73 bits per heavy atom. The van der Waals surface area contributed by atoms with E-state index in [9.17, 15) is 4.79 Å². The van der Waals surface area contributed by atoms with E-state index in [-0.39, 0.29) is 5.91 Å². The molecule has 0 unspecified atom stereocenters. The average molecular weight is 169 g/mol. The van der Waals surface area contributed by atoms with Crippen LogP contribution in [0, 0.1) is 6.92 Å². The molecule has 0 saturated heterocycles. The maximum atomic E-state index is 10.9. The third-order valence-electron chi connectivity index (χ3n) is 1.43. The summed E-state index contributed by atoms with van der Waals surface area (Å²) in [6.07, 6.45) is 0.501. The Hall–Kier alpha value is -0.830. The van der Waals surface area contributed by atoms with Crippen LogP contribution in [0.25, 0.3) is 0 Å². The highest BCUT2D eigenvalue weighted by atomic mass is 32.1. The van der Waals surface area contributed by atoms with Gasteiger partial charge in [0.05, 0.1) is 6.42 Å². The molecule has 60 valence electrons. The Kier molecular flexibility index (Phi) is 2.65. The van der Waals surface area contributed by atoms with Crippen LogP contribution in [-0.4, -0.2) is 13.0 Å². The number of aryl methyl sites for hydroxylation is 1. The predicted octanol–water partition coefficient (Wildman–Crippen LogP) is 1.35. The fourth-order valence-electron chi connectivity index (χ4n) is 0.864. The summed E-state index contributed by atoms with van der Waals surface area (Å²) in [7, 11) is 1.65. The van der Waals surface area contributed by atoms with Crippen LogP contribution in [0.2, 0.25) is 0 Å². The van der Waals surface area contributed by atoms with E-state index in [1.807, 2.05) is 18.4 Å². The fourth-order valence-corrected chi connectivity index (χ4v) is 1.57. The Labute approximate surface area is 70.2 Å². The molecule has 0 aliphatic rings. The van der Waals surface area contributed by atoms with Crippen molar-refractivity contribution >= 4 is 17.2 Å². The first-order valence-electron chi connectivity index (χ1n) is 3.47.